The van der Waals surface area contributed by atoms with Crippen molar-refractivity contribution in [2.45, 2.75) is 39.3 Å². The Morgan fingerprint density at radius 1 is 1.52 bits per heavy atom. The summed E-state index contributed by atoms with van der Waals surface area (Å²) in [7, 11) is 0. The lowest BCUT2D eigenvalue weighted by Crippen LogP contribution is -2.11. The predicted octanol–water partition coefficient (Wildman–Crippen LogP) is 2.89. The number of rotatable bonds is 4. The van der Waals surface area contributed by atoms with Crippen molar-refractivity contribution in [1.29, 1.82) is 0 Å². The van der Waals surface area contributed by atoms with Crippen molar-refractivity contribution in [3.63, 3.8) is 0 Å². The fourth-order valence-corrected chi connectivity index (χ4v) is 2.71. The smallest absolute Gasteiger partial charge is 0.224 e. The van der Waals surface area contributed by atoms with E-state index >= 15 is 0 Å². The average molecular weight is 318 g/mol. The summed E-state index contributed by atoms with van der Waals surface area (Å²) in [6.07, 6.45) is 2.46. The van der Waals surface area contributed by atoms with Gasteiger partial charge in [0.05, 0.1) is 11.7 Å². The number of aromatic nitrogens is 3. The van der Waals surface area contributed by atoms with Crippen LogP contribution >= 0.6 is 0 Å². The first kappa shape index (κ1) is 15.5. The van der Waals surface area contributed by atoms with Gasteiger partial charge in [0.25, 0.3) is 0 Å². The van der Waals surface area contributed by atoms with Crippen molar-refractivity contribution in [1.82, 2.24) is 14.8 Å². The molecule has 2 aromatic heterocycles. The average Bonchev–Trinajstić information content (AvgIpc) is 2.74. The van der Waals surface area contributed by atoms with Crippen molar-refractivity contribution in [2.24, 2.45) is 0 Å². The number of hydrogen-bond donors (Lipinski definition) is 1. The molecule has 0 saturated heterocycles. The largest absolute Gasteiger partial charge is 0.474 e. The van der Waals surface area contributed by atoms with Gasteiger partial charge in [-0.05, 0) is 38.8 Å². The number of carbonyl (C=O) groups is 1. The van der Waals surface area contributed by atoms with E-state index in [9.17, 15) is 9.18 Å². The third kappa shape index (κ3) is 2.91. The molecular weight excluding hydrogens is 299 g/mol. The molecule has 0 fully saturated rings. The molecule has 1 unspecified atom stereocenters. The van der Waals surface area contributed by atoms with Crippen molar-refractivity contribution in [3.05, 3.63) is 23.6 Å². The van der Waals surface area contributed by atoms with E-state index in [1.807, 2.05) is 13.8 Å². The Hall–Kier alpha value is -2.44. The van der Waals surface area contributed by atoms with Crippen LogP contribution in [0.25, 0.3) is 11.3 Å². The first-order valence-corrected chi connectivity index (χ1v) is 7.77. The number of halogens is 1. The molecule has 1 N–H and O–H groups in total. The number of nitrogens with zero attached hydrogens (tertiary/aromatic N) is 3. The molecule has 6 nitrogen and oxygen atoms in total. The molecule has 0 radical (unpaired) electrons. The van der Waals surface area contributed by atoms with Crippen molar-refractivity contribution in [2.75, 3.05) is 11.9 Å². The summed E-state index contributed by atoms with van der Waals surface area (Å²) in [6, 6.07) is 3.25. The zero-order chi connectivity index (χ0) is 16.4. The molecular formula is C16H19FN4O2. The number of hydrogen-bond acceptors (Lipinski definition) is 5. The molecule has 3 rings (SSSR count). The van der Waals surface area contributed by atoms with Crippen molar-refractivity contribution >= 4 is 12.1 Å². The van der Waals surface area contributed by atoms with Crippen LogP contribution in [0.2, 0.25) is 0 Å². The van der Waals surface area contributed by atoms with Crippen LogP contribution in [0.3, 0.4) is 0 Å². The Kier molecular flexibility index (Phi) is 4.27. The van der Waals surface area contributed by atoms with Gasteiger partial charge in [0.2, 0.25) is 11.8 Å². The summed E-state index contributed by atoms with van der Waals surface area (Å²) in [5, 5.41) is 7.33. The van der Waals surface area contributed by atoms with Gasteiger partial charge in [-0.1, -0.05) is 0 Å². The third-order valence-corrected chi connectivity index (χ3v) is 3.81. The summed E-state index contributed by atoms with van der Waals surface area (Å²) in [6.45, 7) is 5.15. The van der Waals surface area contributed by atoms with Crippen LogP contribution in [0.5, 0.6) is 5.88 Å². The molecule has 23 heavy (non-hydrogen) atoms. The lowest BCUT2D eigenvalue weighted by Gasteiger charge is -2.10. The van der Waals surface area contributed by atoms with Crippen molar-refractivity contribution < 1.29 is 13.9 Å². The molecule has 0 bridgehead atoms. The maximum absolute atomic E-state index is 14.3. The minimum absolute atomic E-state index is 0.00129. The van der Waals surface area contributed by atoms with Gasteiger partial charge in [-0.15, -0.1) is 0 Å². The first-order valence-electron chi connectivity index (χ1n) is 7.77. The molecule has 1 aliphatic heterocycles. The van der Waals surface area contributed by atoms with E-state index in [0.717, 1.165) is 12.8 Å². The molecule has 0 aliphatic carbocycles. The molecule has 0 amide bonds. The summed E-state index contributed by atoms with van der Waals surface area (Å²) >= 11 is 0. The summed E-state index contributed by atoms with van der Waals surface area (Å²) in [5.74, 6) is 0.204. The summed E-state index contributed by atoms with van der Waals surface area (Å²) in [5.41, 5.74) is 0.748. The second kappa shape index (κ2) is 6.36. The quantitative estimate of drug-likeness (QED) is 0.693. The Balaban J connectivity index is 2.07. The van der Waals surface area contributed by atoms with Gasteiger partial charge < -0.3 is 10.1 Å². The van der Waals surface area contributed by atoms with E-state index in [1.54, 1.807) is 16.8 Å². The van der Waals surface area contributed by atoms with E-state index in [-0.39, 0.29) is 22.9 Å². The molecule has 122 valence electrons. The number of pyridine rings is 1. The molecule has 0 aromatic carbocycles. The highest BCUT2D eigenvalue weighted by molar-refractivity contribution is 5.89. The van der Waals surface area contributed by atoms with E-state index < -0.39 is 5.95 Å². The number of nitrogens with one attached hydrogen (secondary N) is 1. The predicted molar refractivity (Wildman–Crippen MR) is 84.3 cm³/mol. The molecule has 0 spiro atoms. The maximum Gasteiger partial charge on any atom is 0.224 e. The van der Waals surface area contributed by atoms with Crippen LogP contribution < -0.4 is 10.1 Å². The molecule has 7 heteroatoms. The topological polar surface area (TPSA) is 69.0 Å². The molecule has 0 saturated carbocycles. The highest BCUT2D eigenvalue weighted by Crippen LogP contribution is 2.33. The Morgan fingerprint density at radius 3 is 3.04 bits per heavy atom. The van der Waals surface area contributed by atoms with Crippen LogP contribution in [0.1, 0.15) is 37.0 Å². The van der Waals surface area contributed by atoms with E-state index in [2.05, 4.69) is 15.4 Å². The molecule has 2 aromatic rings. The SMILES string of the molecule is CCNc1ccc(-c2nn3c(c2C=O)OC(C)CCC3)c(F)n1. The van der Waals surface area contributed by atoms with Gasteiger partial charge in [-0.3, -0.25) is 4.79 Å². The minimum atomic E-state index is -0.659. The second-order valence-electron chi connectivity index (χ2n) is 5.54. The Bertz CT molecular complexity index is 729. The van der Waals surface area contributed by atoms with Gasteiger partial charge >= 0.3 is 0 Å². The van der Waals surface area contributed by atoms with Crippen LogP contribution in [-0.2, 0) is 6.54 Å². The zero-order valence-electron chi connectivity index (χ0n) is 13.2. The number of ether oxygens (including phenoxy) is 1. The van der Waals surface area contributed by atoms with Gasteiger partial charge in [-0.25, -0.2) is 9.67 Å². The van der Waals surface area contributed by atoms with Crippen LogP contribution in [0, 0.1) is 5.95 Å². The minimum Gasteiger partial charge on any atom is -0.474 e. The standard InChI is InChI=1S/C16H19FN4O2/c1-3-18-13-7-6-11(15(17)19-13)14-12(9-22)16-21(20-14)8-4-5-10(2)23-16/h6-7,9-10H,3-5,8H2,1-2H3,(H,18,19). The fourth-order valence-electron chi connectivity index (χ4n) is 2.71. The van der Waals surface area contributed by atoms with Crippen LogP contribution in [0.4, 0.5) is 10.2 Å². The van der Waals surface area contributed by atoms with E-state index in [4.69, 9.17) is 4.74 Å². The van der Waals surface area contributed by atoms with Crippen LogP contribution in [0.15, 0.2) is 12.1 Å². The van der Waals surface area contributed by atoms with Gasteiger partial charge in [-0.2, -0.15) is 9.49 Å². The lowest BCUT2D eigenvalue weighted by atomic mass is 10.1. The van der Waals surface area contributed by atoms with E-state index in [1.165, 1.54) is 0 Å². The number of carbonyl (C=O) groups excluding carboxylic acids is 1. The van der Waals surface area contributed by atoms with Gasteiger partial charge in [0.1, 0.15) is 17.1 Å². The maximum atomic E-state index is 14.3. The summed E-state index contributed by atoms with van der Waals surface area (Å²) in [4.78, 5) is 15.4. The van der Waals surface area contributed by atoms with Gasteiger partial charge in [0, 0.05) is 13.1 Å². The van der Waals surface area contributed by atoms with Crippen molar-refractivity contribution in [3.8, 4) is 17.1 Å². The number of aldehydes is 1. The Morgan fingerprint density at radius 2 is 2.35 bits per heavy atom. The number of anilines is 1. The number of aryl methyl sites for hydroxylation is 1. The first-order chi connectivity index (χ1) is 11.1. The highest BCUT2D eigenvalue weighted by atomic mass is 19.1. The lowest BCUT2D eigenvalue weighted by molar-refractivity contribution is 0.111. The second-order valence-corrected chi connectivity index (χ2v) is 5.54. The normalized spacial score (nSPS) is 17.1. The number of fused-ring (bicyclic) bond motifs is 1. The molecule has 1 aliphatic rings. The molecule has 1 atom stereocenters. The van der Waals surface area contributed by atoms with E-state index in [0.29, 0.717) is 31.1 Å². The van der Waals surface area contributed by atoms with Gasteiger partial charge in [0.15, 0.2) is 6.29 Å². The van der Waals surface area contributed by atoms with Crippen LogP contribution in [-0.4, -0.2) is 33.7 Å². The Labute approximate surface area is 133 Å². The highest BCUT2D eigenvalue weighted by Gasteiger charge is 2.25. The molecule has 3 heterocycles. The fraction of sp³-hybridized carbons (Fsp3) is 0.438. The zero-order valence-corrected chi connectivity index (χ0v) is 13.2. The monoisotopic (exact) mass is 318 g/mol. The summed E-state index contributed by atoms with van der Waals surface area (Å²) < 4.78 is 21.8. The third-order valence-electron chi connectivity index (χ3n) is 3.81.